The molecule has 24 heavy (non-hydrogen) atoms. The Bertz CT molecular complexity index is 513. The lowest BCUT2D eigenvalue weighted by molar-refractivity contribution is -0.143. The molecule has 0 amide bonds. The number of hydrogen-bond acceptors (Lipinski definition) is 7. The monoisotopic (exact) mass is 379 g/mol. The van der Waals surface area contributed by atoms with Crippen LogP contribution in [0.3, 0.4) is 0 Å². The third kappa shape index (κ3) is 4.52. The van der Waals surface area contributed by atoms with Gasteiger partial charge in [-0.1, -0.05) is 12.2 Å². The van der Waals surface area contributed by atoms with E-state index in [1.165, 1.54) is 17.1 Å². The maximum Gasteiger partial charge on any atom is 0.320 e. The molecule has 1 aliphatic rings. The molecule has 8 nitrogen and oxygen atoms in total. The molecule has 3 atom stereocenters. The molecule has 1 N–H and O–H groups in total. The number of likely N-dealkylation sites (tertiary alicyclic amines) is 1. The number of nitrogens with zero attached hydrogens (tertiary/aromatic N) is 1. The van der Waals surface area contributed by atoms with Gasteiger partial charge in [0, 0.05) is 13.0 Å². The van der Waals surface area contributed by atoms with Gasteiger partial charge in [-0.05, 0) is 12.8 Å². The summed E-state index contributed by atoms with van der Waals surface area (Å²) < 4.78 is 36.0. The minimum absolute atomic E-state index is 0.0689. The lowest BCUT2D eigenvalue weighted by Crippen LogP contribution is -2.50. The molecule has 0 aromatic rings. The van der Waals surface area contributed by atoms with Gasteiger partial charge in [-0.15, -0.1) is 13.2 Å². The molecule has 0 bridgehead atoms. The standard InChI is InChI=1S/C14H23NO7P2/c1-3-10-21-23(19)14(7-9-16,24(20)22-11-4-2)15-8-5-6-12(15)13(17)18/h3-4,9,12,23-24H,1-2,5-8,10-11H2,(H,17,18)/t12-/m0/s1. The first-order valence-corrected chi connectivity index (χ1v) is 10.1. The molecule has 1 aliphatic heterocycles. The van der Waals surface area contributed by atoms with Crippen LogP contribution in [0.2, 0.25) is 0 Å². The van der Waals surface area contributed by atoms with Crippen LogP contribution >= 0.6 is 16.1 Å². The van der Waals surface area contributed by atoms with Gasteiger partial charge < -0.3 is 18.9 Å². The summed E-state index contributed by atoms with van der Waals surface area (Å²) in [6.45, 7) is 7.02. The van der Waals surface area contributed by atoms with Gasteiger partial charge in [-0.2, -0.15) is 0 Å². The molecule has 10 heteroatoms. The zero-order chi connectivity index (χ0) is 18.2. The molecule has 0 spiro atoms. The van der Waals surface area contributed by atoms with Gasteiger partial charge in [-0.3, -0.25) is 18.8 Å². The maximum atomic E-state index is 12.8. The summed E-state index contributed by atoms with van der Waals surface area (Å²) in [5.41, 5.74) is 0. The Kier molecular flexibility index (Phi) is 8.81. The molecule has 2 unspecified atom stereocenters. The van der Waals surface area contributed by atoms with Gasteiger partial charge in [0.05, 0.1) is 13.2 Å². The van der Waals surface area contributed by atoms with E-state index in [-0.39, 0.29) is 19.8 Å². The molecular formula is C14H23NO7P2. The Morgan fingerprint density at radius 2 is 1.79 bits per heavy atom. The Morgan fingerprint density at radius 1 is 1.25 bits per heavy atom. The van der Waals surface area contributed by atoms with Crippen molar-refractivity contribution in [2.75, 3.05) is 19.8 Å². The van der Waals surface area contributed by atoms with E-state index in [9.17, 15) is 23.8 Å². The molecule has 0 radical (unpaired) electrons. The van der Waals surface area contributed by atoms with E-state index in [0.29, 0.717) is 19.1 Å². The summed E-state index contributed by atoms with van der Waals surface area (Å²) in [6.07, 6.45) is 3.63. The van der Waals surface area contributed by atoms with Gasteiger partial charge in [-0.25, -0.2) is 0 Å². The minimum Gasteiger partial charge on any atom is -0.480 e. The van der Waals surface area contributed by atoms with Crippen LogP contribution < -0.4 is 0 Å². The van der Waals surface area contributed by atoms with Crippen LogP contribution in [-0.4, -0.2) is 53.1 Å². The smallest absolute Gasteiger partial charge is 0.320 e. The fraction of sp³-hybridized carbons (Fsp3) is 0.571. The van der Waals surface area contributed by atoms with Crippen molar-refractivity contribution in [2.24, 2.45) is 0 Å². The van der Waals surface area contributed by atoms with E-state index in [1.807, 2.05) is 0 Å². The third-order valence-electron chi connectivity index (χ3n) is 3.75. The van der Waals surface area contributed by atoms with Gasteiger partial charge in [0.1, 0.15) is 12.3 Å². The summed E-state index contributed by atoms with van der Waals surface area (Å²) in [5.74, 6) is -1.13. The first-order chi connectivity index (χ1) is 11.4. The molecule has 136 valence electrons. The zero-order valence-electron chi connectivity index (χ0n) is 13.3. The fourth-order valence-electron chi connectivity index (χ4n) is 2.71. The van der Waals surface area contributed by atoms with Crippen LogP contribution in [0, 0.1) is 0 Å². The normalized spacial score (nSPS) is 23.1. The van der Waals surface area contributed by atoms with Crippen molar-refractivity contribution >= 4 is 28.3 Å². The summed E-state index contributed by atoms with van der Waals surface area (Å²) in [7, 11) is -6.21. The van der Waals surface area contributed by atoms with E-state index >= 15 is 0 Å². The highest BCUT2D eigenvalue weighted by atomic mass is 31.2. The first-order valence-electron chi connectivity index (χ1n) is 7.45. The SMILES string of the molecule is C=CCO[PH](=O)C(CC=O)(N1CCC[C@H]1C(=O)O)[PH](=O)OCC=C. The highest BCUT2D eigenvalue weighted by Gasteiger charge is 2.54. The van der Waals surface area contributed by atoms with Gasteiger partial charge in [0.2, 0.25) is 16.1 Å². The van der Waals surface area contributed by atoms with Crippen LogP contribution in [0.1, 0.15) is 19.3 Å². The zero-order valence-corrected chi connectivity index (χ0v) is 15.3. The Hall–Kier alpha value is -1.04. The molecule has 1 fully saturated rings. The second-order valence-corrected chi connectivity index (χ2v) is 9.08. The van der Waals surface area contributed by atoms with Gasteiger partial charge >= 0.3 is 5.97 Å². The number of carboxylic acids is 1. The largest absolute Gasteiger partial charge is 0.480 e. The molecular weight excluding hydrogens is 356 g/mol. The Labute approximate surface area is 142 Å². The van der Waals surface area contributed by atoms with Crippen molar-refractivity contribution in [1.82, 2.24) is 4.90 Å². The predicted molar refractivity (Wildman–Crippen MR) is 91.1 cm³/mol. The lowest BCUT2D eigenvalue weighted by atomic mass is 10.2. The van der Waals surface area contributed by atoms with Gasteiger partial charge in [0.25, 0.3) is 0 Å². The number of aldehydes is 1. The summed E-state index contributed by atoms with van der Waals surface area (Å²) >= 11 is 0. The second kappa shape index (κ2) is 10.1. The molecule has 0 aliphatic carbocycles. The number of carbonyl (C=O) groups excluding carboxylic acids is 1. The van der Waals surface area contributed by atoms with Crippen molar-refractivity contribution < 1.29 is 32.9 Å². The topological polar surface area (TPSA) is 110 Å². The molecule has 1 rings (SSSR count). The average molecular weight is 379 g/mol. The summed E-state index contributed by atoms with van der Waals surface area (Å²) in [4.78, 5) is 24.1. The number of hydrogen-bond donors (Lipinski definition) is 1. The van der Waals surface area contributed by atoms with Crippen LogP contribution in [0.25, 0.3) is 0 Å². The number of carboxylic acid groups (broad SMARTS) is 1. The van der Waals surface area contributed by atoms with E-state index in [1.54, 1.807) is 0 Å². The fourth-order valence-corrected chi connectivity index (χ4v) is 6.33. The van der Waals surface area contributed by atoms with E-state index in [4.69, 9.17) is 9.05 Å². The predicted octanol–water partition coefficient (Wildman–Crippen LogP) is 2.13. The highest BCUT2D eigenvalue weighted by molar-refractivity contribution is 7.60. The highest BCUT2D eigenvalue weighted by Crippen LogP contribution is 2.61. The quantitative estimate of drug-likeness (QED) is 0.312. The van der Waals surface area contributed by atoms with Crippen LogP contribution in [0.15, 0.2) is 25.3 Å². The van der Waals surface area contributed by atoms with Crippen LogP contribution in [0.4, 0.5) is 0 Å². The van der Waals surface area contributed by atoms with Crippen molar-refractivity contribution in [1.29, 1.82) is 0 Å². The lowest BCUT2D eigenvalue weighted by Gasteiger charge is -2.40. The minimum atomic E-state index is -3.11. The molecule has 0 saturated carbocycles. The van der Waals surface area contributed by atoms with Crippen molar-refractivity contribution in [3.8, 4) is 0 Å². The van der Waals surface area contributed by atoms with E-state index in [0.717, 1.165) is 0 Å². The third-order valence-corrected chi connectivity index (χ3v) is 8.16. The van der Waals surface area contributed by atoms with E-state index < -0.39 is 39.5 Å². The summed E-state index contributed by atoms with van der Waals surface area (Å²) in [5, 5.41) is 7.64. The van der Waals surface area contributed by atoms with Crippen LogP contribution in [-0.2, 0) is 27.8 Å². The molecule has 0 aromatic carbocycles. The Balaban J connectivity index is 3.33. The van der Waals surface area contributed by atoms with Crippen molar-refractivity contribution in [3.63, 3.8) is 0 Å². The second-order valence-electron chi connectivity index (χ2n) is 5.19. The number of carbonyl (C=O) groups is 2. The molecule has 1 saturated heterocycles. The summed E-state index contributed by atoms with van der Waals surface area (Å²) in [6, 6.07) is -0.993. The molecule has 1 heterocycles. The Morgan fingerprint density at radius 3 is 2.21 bits per heavy atom. The van der Waals surface area contributed by atoms with Crippen LogP contribution in [0.5, 0.6) is 0 Å². The first kappa shape index (κ1) is 21.0. The van der Waals surface area contributed by atoms with Crippen molar-refractivity contribution in [2.45, 2.75) is 30.3 Å². The maximum absolute atomic E-state index is 12.8. The van der Waals surface area contributed by atoms with Crippen molar-refractivity contribution in [3.05, 3.63) is 25.3 Å². The average Bonchev–Trinajstić information content (AvgIpc) is 3.05. The van der Waals surface area contributed by atoms with Gasteiger partial charge in [0.15, 0.2) is 5.02 Å². The number of aliphatic carboxylic acids is 1. The van der Waals surface area contributed by atoms with E-state index in [2.05, 4.69) is 13.2 Å². The number of rotatable bonds is 12. The molecule has 0 aromatic heterocycles.